The molecule has 0 N–H and O–H groups in total. The van der Waals surface area contributed by atoms with Crippen LogP contribution in [0.4, 0.5) is 0 Å². The van der Waals surface area contributed by atoms with E-state index in [1.165, 1.54) is 49.4 Å². The second kappa shape index (κ2) is 9.02. The molecule has 2 saturated carbocycles. The number of fused-ring (bicyclic) bond motifs is 2. The molecule has 2 saturated heterocycles. The van der Waals surface area contributed by atoms with E-state index in [0.717, 1.165) is 47.3 Å². The topological polar surface area (TPSA) is 0 Å². The second-order valence-corrected chi connectivity index (χ2v) is 12.9. The van der Waals surface area contributed by atoms with Gasteiger partial charge >= 0.3 is 0 Å². The molecule has 0 radical (unpaired) electrons. The van der Waals surface area contributed by atoms with E-state index < -0.39 is 0 Å². The van der Waals surface area contributed by atoms with Gasteiger partial charge in [0.05, 0.1) is 0 Å². The maximum absolute atomic E-state index is 2.48. The van der Waals surface area contributed by atoms with Crippen molar-refractivity contribution in [2.75, 3.05) is 17.3 Å². The molecule has 2 aliphatic carbocycles. The third kappa shape index (κ3) is 4.03. The molecule has 0 aromatic carbocycles. The van der Waals surface area contributed by atoms with Gasteiger partial charge in [-0.05, 0) is 77.4 Å². The third-order valence-corrected chi connectivity index (χ3v) is 11.5. The molecule has 0 bridgehead atoms. The molecule has 0 aromatic heterocycles. The Morgan fingerprint density at radius 2 is 1.12 bits per heavy atom. The SMILES string of the molecule is CCC1CC(CC)C2C1CSC2(C)C.CCC1CC(CC)C2CSCC12. The Kier molecular flexibility index (Phi) is 7.42. The predicted molar refractivity (Wildman–Crippen MR) is 122 cm³/mol. The summed E-state index contributed by atoms with van der Waals surface area (Å²) in [6.45, 7) is 14.5. The number of thioether (sulfide) groups is 2. The van der Waals surface area contributed by atoms with Crippen molar-refractivity contribution in [1.29, 1.82) is 0 Å². The van der Waals surface area contributed by atoms with Gasteiger partial charge in [0.2, 0.25) is 0 Å². The van der Waals surface area contributed by atoms with Crippen LogP contribution in [0, 0.1) is 47.3 Å². The van der Waals surface area contributed by atoms with Crippen molar-refractivity contribution in [1.82, 2.24) is 0 Å². The zero-order chi connectivity index (χ0) is 18.9. The summed E-state index contributed by atoms with van der Waals surface area (Å²) < 4.78 is 0.565. The van der Waals surface area contributed by atoms with E-state index in [0.29, 0.717) is 4.75 Å². The summed E-state index contributed by atoms with van der Waals surface area (Å²) in [6, 6.07) is 0. The molecule has 4 aliphatic rings. The quantitative estimate of drug-likeness (QED) is 0.479. The van der Waals surface area contributed by atoms with Gasteiger partial charge in [0.15, 0.2) is 0 Å². The molecule has 0 nitrogen and oxygen atoms in total. The van der Waals surface area contributed by atoms with Crippen molar-refractivity contribution in [2.24, 2.45) is 47.3 Å². The van der Waals surface area contributed by atoms with Gasteiger partial charge in [-0.2, -0.15) is 23.5 Å². The first-order valence-electron chi connectivity index (χ1n) is 11.7. The Hall–Kier alpha value is 0.700. The van der Waals surface area contributed by atoms with Gasteiger partial charge < -0.3 is 0 Å². The minimum atomic E-state index is 0.565. The van der Waals surface area contributed by atoms with Gasteiger partial charge in [0.1, 0.15) is 0 Å². The van der Waals surface area contributed by atoms with Crippen LogP contribution in [-0.4, -0.2) is 22.0 Å². The van der Waals surface area contributed by atoms with Crippen LogP contribution in [0.15, 0.2) is 0 Å². The molecule has 4 rings (SSSR count). The summed E-state index contributed by atoms with van der Waals surface area (Å²) in [5.74, 6) is 12.9. The fourth-order valence-electron chi connectivity index (χ4n) is 7.21. The summed E-state index contributed by atoms with van der Waals surface area (Å²) in [5.41, 5.74) is 0. The summed E-state index contributed by atoms with van der Waals surface area (Å²) >= 11 is 4.43. The molecule has 2 heteroatoms. The Bertz CT molecular complexity index is 429. The highest BCUT2D eigenvalue weighted by Gasteiger charge is 2.53. The van der Waals surface area contributed by atoms with Crippen LogP contribution in [-0.2, 0) is 0 Å². The van der Waals surface area contributed by atoms with Crippen LogP contribution in [0.2, 0.25) is 0 Å². The van der Waals surface area contributed by atoms with Crippen molar-refractivity contribution in [2.45, 2.75) is 84.8 Å². The summed E-state index contributed by atoms with van der Waals surface area (Å²) in [6.07, 6.45) is 8.74. The molecule has 0 amide bonds. The minimum Gasteiger partial charge on any atom is -0.161 e. The average molecular weight is 397 g/mol. The second-order valence-electron chi connectivity index (χ2n) is 10.1. The molecule has 0 spiro atoms. The van der Waals surface area contributed by atoms with Gasteiger partial charge in [-0.1, -0.05) is 67.2 Å². The zero-order valence-electron chi connectivity index (χ0n) is 18.3. The maximum atomic E-state index is 2.48. The summed E-state index contributed by atoms with van der Waals surface area (Å²) in [4.78, 5) is 0. The normalized spacial score (nSPS) is 45.9. The lowest BCUT2D eigenvalue weighted by Crippen LogP contribution is -2.29. The van der Waals surface area contributed by atoms with Crippen LogP contribution in [0.5, 0.6) is 0 Å². The fraction of sp³-hybridized carbons (Fsp3) is 1.00. The van der Waals surface area contributed by atoms with Crippen molar-refractivity contribution in [3.8, 4) is 0 Å². The van der Waals surface area contributed by atoms with E-state index in [2.05, 4.69) is 65.1 Å². The lowest BCUT2D eigenvalue weighted by molar-refractivity contribution is 0.270. The van der Waals surface area contributed by atoms with Gasteiger partial charge in [0, 0.05) is 4.75 Å². The van der Waals surface area contributed by atoms with Crippen LogP contribution >= 0.6 is 23.5 Å². The highest BCUT2D eigenvalue weighted by atomic mass is 32.2. The standard InChI is InChI=1S/C13H24S.C11H20S/c1-5-9-7-10(6-2)12-11(9)8-14-13(12,3)4;1-3-8-5-9(4-2)11-7-12-6-10(8)11/h9-12H,5-8H2,1-4H3;8-11H,3-7H2,1-2H3. The predicted octanol–water partition coefficient (Wildman–Crippen LogP) is 7.62. The van der Waals surface area contributed by atoms with Gasteiger partial charge in [0.25, 0.3) is 0 Å². The Labute approximate surface area is 172 Å². The molecule has 4 fully saturated rings. The van der Waals surface area contributed by atoms with Crippen molar-refractivity contribution < 1.29 is 0 Å². The highest BCUT2D eigenvalue weighted by molar-refractivity contribution is 8.00. The summed E-state index contributed by atoms with van der Waals surface area (Å²) in [7, 11) is 0. The van der Waals surface area contributed by atoms with Crippen LogP contribution < -0.4 is 0 Å². The molecule has 2 aliphatic heterocycles. The first-order valence-corrected chi connectivity index (χ1v) is 13.8. The molecule has 152 valence electrons. The van der Waals surface area contributed by atoms with Crippen LogP contribution in [0.3, 0.4) is 0 Å². The zero-order valence-corrected chi connectivity index (χ0v) is 19.9. The largest absolute Gasteiger partial charge is 0.161 e. The van der Waals surface area contributed by atoms with Crippen LogP contribution in [0.1, 0.15) is 80.1 Å². The maximum Gasteiger partial charge on any atom is 0.0137 e. The molecule has 2 heterocycles. The van der Waals surface area contributed by atoms with Crippen molar-refractivity contribution in [3.63, 3.8) is 0 Å². The lowest BCUT2D eigenvalue weighted by Gasteiger charge is -2.30. The monoisotopic (exact) mass is 396 g/mol. The Morgan fingerprint density at radius 1 is 0.654 bits per heavy atom. The molecule has 26 heavy (non-hydrogen) atoms. The van der Waals surface area contributed by atoms with Gasteiger partial charge in [-0.25, -0.2) is 0 Å². The number of hydrogen-bond acceptors (Lipinski definition) is 2. The number of rotatable bonds is 4. The van der Waals surface area contributed by atoms with Crippen molar-refractivity contribution in [3.05, 3.63) is 0 Å². The van der Waals surface area contributed by atoms with Gasteiger partial charge in [-0.15, -0.1) is 0 Å². The highest BCUT2D eigenvalue weighted by Crippen LogP contribution is 2.59. The first kappa shape index (κ1) is 21.4. The molecule has 0 aromatic rings. The van der Waals surface area contributed by atoms with E-state index in [4.69, 9.17) is 0 Å². The average Bonchev–Trinajstić information content (AvgIpc) is 3.36. The Morgan fingerprint density at radius 3 is 1.62 bits per heavy atom. The van der Waals surface area contributed by atoms with E-state index in [-0.39, 0.29) is 0 Å². The molecular formula is C24H44S2. The van der Waals surface area contributed by atoms with E-state index in [1.807, 2.05) is 0 Å². The number of hydrogen-bond donors (Lipinski definition) is 0. The van der Waals surface area contributed by atoms with Crippen molar-refractivity contribution >= 4 is 23.5 Å². The molecular weight excluding hydrogens is 352 g/mol. The molecule has 8 unspecified atom stereocenters. The van der Waals surface area contributed by atoms with E-state index in [9.17, 15) is 0 Å². The van der Waals surface area contributed by atoms with E-state index >= 15 is 0 Å². The van der Waals surface area contributed by atoms with E-state index in [1.54, 1.807) is 6.42 Å². The third-order valence-electron chi connectivity index (χ3n) is 8.72. The lowest BCUT2D eigenvalue weighted by atomic mass is 9.79. The minimum absolute atomic E-state index is 0.565. The first-order chi connectivity index (χ1) is 12.5. The Balaban J connectivity index is 0.000000152. The van der Waals surface area contributed by atoms with Gasteiger partial charge in [-0.3, -0.25) is 0 Å². The summed E-state index contributed by atoms with van der Waals surface area (Å²) in [5, 5.41) is 0. The van der Waals surface area contributed by atoms with Crippen LogP contribution in [0.25, 0.3) is 0 Å². The fourth-order valence-corrected chi connectivity index (χ4v) is 10.6. The smallest absolute Gasteiger partial charge is 0.0137 e. The molecule has 8 atom stereocenters.